The van der Waals surface area contributed by atoms with Gasteiger partial charge in [0.2, 0.25) is 0 Å². The lowest BCUT2D eigenvalue weighted by Crippen LogP contribution is -1.96. The summed E-state index contributed by atoms with van der Waals surface area (Å²) < 4.78 is 7.41. The molecule has 4 aromatic rings. The van der Waals surface area contributed by atoms with Gasteiger partial charge in [-0.1, -0.05) is 107 Å². The second-order valence-electron chi connectivity index (χ2n) is 6.37. The van der Waals surface area contributed by atoms with Gasteiger partial charge in [0.1, 0.15) is 11.5 Å². The van der Waals surface area contributed by atoms with Crippen molar-refractivity contribution in [2.75, 3.05) is 0 Å². The number of alkyl halides is 1. The number of halogens is 2. The molecule has 0 aliphatic rings. The van der Waals surface area contributed by atoms with Crippen LogP contribution in [0.3, 0.4) is 0 Å². The second kappa shape index (κ2) is 8.28. The zero-order valence-electron chi connectivity index (χ0n) is 14.6. The highest BCUT2D eigenvalue weighted by atomic mass is 79.9. The highest BCUT2D eigenvalue weighted by Crippen LogP contribution is 2.43. The SMILES string of the molecule is Brc1c(-c2ccccc2)oc(-c2ccccc2)c1CC(Br)c1ccccc1. The minimum atomic E-state index is 0.207. The molecule has 4 rings (SSSR count). The number of rotatable bonds is 5. The topological polar surface area (TPSA) is 13.1 Å². The Bertz CT molecular complexity index is 1010. The van der Waals surface area contributed by atoms with Crippen molar-refractivity contribution in [2.45, 2.75) is 11.2 Å². The van der Waals surface area contributed by atoms with E-state index in [4.69, 9.17) is 4.42 Å². The van der Waals surface area contributed by atoms with Crippen molar-refractivity contribution < 1.29 is 4.42 Å². The molecule has 0 saturated heterocycles. The van der Waals surface area contributed by atoms with Crippen molar-refractivity contribution in [3.05, 3.63) is 107 Å². The maximum atomic E-state index is 6.39. The molecule has 0 spiro atoms. The van der Waals surface area contributed by atoms with Crippen LogP contribution in [0.15, 0.2) is 99.9 Å². The van der Waals surface area contributed by atoms with E-state index < -0.39 is 0 Å². The highest BCUT2D eigenvalue weighted by molar-refractivity contribution is 9.10. The van der Waals surface area contributed by atoms with E-state index in [0.29, 0.717) is 0 Å². The molecule has 0 aliphatic heterocycles. The minimum Gasteiger partial charge on any atom is -0.455 e. The summed E-state index contributed by atoms with van der Waals surface area (Å²) in [6.45, 7) is 0. The van der Waals surface area contributed by atoms with E-state index in [9.17, 15) is 0 Å². The van der Waals surface area contributed by atoms with Crippen LogP contribution in [0, 0.1) is 0 Å². The molecule has 0 fully saturated rings. The maximum Gasteiger partial charge on any atom is 0.149 e. The van der Waals surface area contributed by atoms with Crippen LogP contribution >= 0.6 is 31.9 Å². The zero-order valence-corrected chi connectivity index (χ0v) is 17.8. The summed E-state index contributed by atoms with van der Waals surface area (Å²) in [5, 5.41) is 0. The normalized spacial score (nSPS) is 12.1. The lowest BCUT2D eigenvalue weighted by molar-refractivity contribution is 0.593. The van der Waals surface area contributed by atoms with Crippen molar-refractivity contribution in [2.24, 2.45) is 0 Å². The van der Waals surface area contributed by atoms with Gasteiger partial charge in [0.25, 0.3) is 0 Å². The van der Waals surface area contributed by atoms with Gasteiger partial charge >= 0.3 is 0 Å². The Labute approximate surface area is 176 Å². The Morgan fingerprint density at radius 3 is 1.70 bits per heavy atom. The predicted molar refractivity (Wildman–Crippen MR) is 119 cm³/mol. The van der Waals surface area contributed by atoms with Crippen molar-refractivity contribution in [1.29, 1.82) is 0 Å². The Morgan fingerprint density at radius 2 is 1.15 bits per heavy atom. The number of hydrogen-bond acceptors (Lipinski definition) is 1. The highest BCUT2D eigenvalue weighted by Gasteiger charge is 2.23. The summed E-state index contributed by atoms with van der Waals surface area (Å²) in [4.78, 5) is 0.207. The molecular weight excluding hydrogens is 464 g/mol. The molecule has 0 N–H and O–H groups in total. The van der Waals surface area contributed by atoms with E-state index in [0.717, 1.165) is 33.5 Å². The van der Waals surface area contributed by atoms with E-state index in [1.807, 2.05) is 42.5 Å². The lowest BCUT2D eigenvalue weighted by Gasteiger charge is -2.11. The van der Waals surface area contributed by atoms with Crippen LogP contribution in [0.1, 0.15) is 16.0 Å². The van der Waals surface area contributed by atoms with Crippen LogP contribution in [-0.2, 0) is 6.42 Å². The molecule has 134 valence electrons. The van der Waals surface area contributed by atoms with E-state index in [1.54, 1.807) is 0 Å². The van der Waals surface area contributed by atoms with Crippen molar-refractivity contribution in [3.8, 4) is 22.6 Å². The Hall–Kier alpha value is -2.10. The van der Waals surface area contributed by atoms with Crippen LogP contribution < -0.4 is 0 Å². The molecule has 3 heteroatoms. The van der Waals surface area contributed by atoms with E-state index in [2.05, 4.69) is 80.4 Å². The first-order chi connectivity index (χ1) is 13.2. The van der Waals surface area contributed by atoms with Gasteiger partial charge in [-0.25, -0.2) is 0 Å². The van der Waals surface area contributed by atoms with Crippen molar-refractivity contribution >= 4 is 31.9 Å². The summed E-state index contributed by atoms with van der Waals surface area (Å²) in [5.74, 6) is 1.79. The van der Waals surface area contributed by atoms with Gasteiger partial charge in [-0.05, 0) is 27.9 Å². The quantitative estimate of drug-likeness (QED) is 0.263. The molecule has 0 radical (unpaired) electrons. The van der Waals surface area contributed by atoms with E-state index in [-0.39, 0.29) is 4.83 Å². The van der Waals surface area contributed by atoms with Crippen molar-refractivity contribution in [3.63, 3.8) is 0 Å². The Kier molecular flexibility index (Phi) is 5.61. The fraction of sp³-hybridized carbons (Fsp3) is 0.0833. The average molecular weight is 482 g/mol. The van der Waals surface area contributed by atoms with Crippen LogP contribution in [0.2, 0.25) is 0 Å². The third kappa shape index (κ3) is 3.95. The van der Waals surface area contributed by atoms with Gasteiger partial charge in [-0.3, -0.25) is 0 Å². The molecule has 3 aromatic carbocycles. The first-order valence-corrected chi connectivity index (χ1v) is 10.6. The number of hydrogen-bond donors (Lipinski definition) is 0. The van der Waals surface area contributed by atoms with Gasteiger partial charge in [0, 0.05) is 21.5 Å². The molecule has 0 bridgehead atoms. The smallest absolute Gasteiger partial charge is 0.149 e. The molecule has 1 unspecified atom stereocenters. The molecule has 1 nitrogen and oxygen atoms in total. The molecule has 1 heterocycles. The van der Waals surface area contributed by atoms with Gasteiger partial charge < -0.3 is 4.42 Å². The fourth-order valence-electron chi connectivity index (χ4n) is 3.18. The summed E-state index contributed by atoms with van der Waals surface area (Å²) in [7, 11) is 0. The third-order valence-electron chi connectivity index (χ3n) is 4.56. The van der Waals surface area contributed by atoms with Gasteiger partial charge in [0.15, 0.2) is 0 Å². The van der Waals surface area contributed by atoms with Gasteiger partial charge in [-0.2, -0.15) is 0 Å². The standard InChI is InChI=1S/C24H18Br2O/c25-21(17-10-4-1-5-11-17)16-20-22(26)24(19-14-8-3-9-15-19)27-23(20)18-12-6-2-7-13-18/h1-15,21H,16H2. The third-order valence-corrected chi connectivity index (χ3v) is 6.25. The second-order valence-corrected chi connectivity index (χ2v) is 8.27. The molecule has 0 aliphatic carbocycles. The number of benzene rings is 3. The molecule has 0 amide bonds. The van der Waals surface area contributed by atoms with Crippen LogP contribution in [0.25, 0.3) is 22.6 Å². The predicted octanol–water partition coefficient (Wildman–Crippen LogP) is 8.05. The minimum absolute atomic E-state index is 0.207. The summed E-state index contributed by atoms with van der Waals surface area (Å²) >= 11 is 7.69. The van der Waals surface area contributed by atoms with Crippen LogP contribution in [-0.4, -0.2) is 0 Å². The monoisotopic (exact) mass is 480 g/mol. The van der Waals surface area contributed by atoms with Crippen LogP contribution in [0.4, 0.5) is 0 Å². The summed E-state index contributed by atoms with van der Waals surface area (Å²) in [6.07, 6.45) is 0.825. The van der Waals surface area contributed by atoms with E-state index in [1.165, 1.54) is 11.1 Å². The molecule has 27 heavy (non-hydrogen) atoms. The fourth-order valence-corrected chi connectivity index (χ4v) is 4.47. The van der Waals surface area contributed by atoms with Gasteiger partial charge in [0.05, 0.1) is 4.47 Å². The van der Waals surface area contributed by atoms with Crippen molar-refractivity contribution in [1.82, 2.24) is 0 Å². The summed E-state index contributed by atoms with van der Waals surface area (Å²) in [5.41, 5.74) is 4.58. The molecule has 0 saturated carbocycles. The zero-order chi connectivity index (χ0) is 18.6. The molecule has 1 atom stereocenters. The van der Waals surface area contributed by atoms with Crippen LogP contribution in [0.5, 0.6) is 0 Å². The Balaban J connectivity index is 1.80. The maximum absolute atomic E-state index is 6.39. The summed E-state index contributed by atoms with van der Waals surface area (Å²) in [6, 6.07) is 31.0. The average Bonchev–Trinajstić information content (AvgIpc) is 3.06. The lowest BCUT2D eigenvalue weighted by atomic mass is 10.0. The molecule has 1 aromatic heterocycles. The first-order valence-electron chi connectivity index (χ1n) is 8.85. The molecular formula is C24H18Br2O. The Morgan fingerprint density at radius 1 is 0.667 bits per heavy atom. The number of furan rings is 1. The first kappa shape index (κ1) is 18.3. The van der Waals surface area contributed by atoms with E-state index >= 15 is 0 Å². The van der Waals surface area contributed by atoms with Gasteiger partial charge in [-0.15, -0.1) is 0 Å². The largest absolute Gasteiger partial charge is 0.455 e.